The number of halogens is 1. The molecule has 3 fully saturated rings. The van der Waals surface area contributed by atoms with Gasteiger partial charge in [-0.3, -0.25) is 9.59 Å². The molecule has 0 spiro atoms. The molecule has 2 saturated carbocycles. The highest BCUT2D eigenvalue weighted by Gasteiger charge is 2.61. The Balaban J connectivity index is 1.45. The molecule has 0 radical (unpaired) electrons. The standard InChI is InChI=1S/C34H43ClN4O8/c1-6-19-17-34(19,31(42)43)38-29(40)24-15-21(46-25-16-26(45-7-2)36-27-22(25)13-10-14-23(27)35)18-39(24)30(41)28(33(3,4)5)37-32(44)47-20-11-8-9-12-20/h6,10,13-14,16,19-21,24,28H,1,7-9,11-12,15,17-18H2,2-5H3,(H,37,44)(H,38,40)(H,42,43)/t19-,21-,24+,28-,34-/m1/s1. The van der Waals surface area contributed by atoms with Crippen molar-refractivity contribution in [2.75, 3.05) is 13.2 Å². The minimum Gasteiger partial charge on any atom is -0.488 e. The number of aromatic nitrogens is 1. The average Bonchev–Trinajstić information content (AvgIpc) is 3.28. The van der Waals surface area contributed by atoms with E-state index in [2.05, 4.69) is 22.2 Å². The molecule has 3 amide bonds. The number of alkyl carbamates (subject to hydrolysis) is 1. The van der Waals surface area contributed by atoms with E-state index in [0.717, 1.165) is 25.7 Å². The Kier molecular flexibility index (Phi) is 9.91. The number of ether oxygens (including phenoxy) is 3. The first-order valence-corrected chi connectivity index (χ1v) is 16.5. The van der Waals surface area contributed by atoms with E-state index in [4.69, 9.17) is 25.8 Å². The number of carbonyl (C=O) groups is 4. The number of pyridine rings is 1. The van der Waals surface area contributed by atoms with Gasteiger partial charge < -0.3 is 34.9 Å². The maximum atomic E-state index is 14.3. The van der Waals surface area contributed by atoms with Crippen molar-refractivity contribution >= 4 is 46.4 Å². The van der Waals surface area contributed by atoms with Gasteiger partial charge in [-0.1, -0.05) is 44.5 Å². The average molecular weight is 671 g/mol. The first-order valence-electron chi connectivity index (χ1n) is 16.1. The third kappa shape index (κ3) is 7.27. The number of carboxylic acids is 1. The maximum absolute atomic E-state index is 14.3. The van der Waals surface area contributed by atoms with Gasteiger partial charge in [-0.2, -0.15) is 0 Å². The molecule has 3 aliphatic rings. The van der Waals surface area contributed by atoms with E-state index in [1.807, 2.05) is 27.7 Å². The molecular formula is C34H43ClN4O8. The molecule has 2 aromatic rings. The second-order valence-electron chi connectivity index (χ2n) is 13.6. The molecule has 1 aromatic carbocycles. The van der Waals surface area contributed by atoms with E-state index in [1.165, 1.54) is 11.0 Å². The molecule has 1 aliphatic heterocycles. The van der Waals surface area contributed by atoms with Gasteiger partial charge in [0.15, 0.2) is 0 Å². The molecule has 1 saturated heterocycles. The fourth-order valence-corrected chi connectivity index (χ4v) is 6.69. The summed E-state index contributed by atoms with van der Waals surface area (Å²) in [6, 6.07) is 4.77. The largest absolute Gasteiger partial charge is 0.488 e. The minimum atomic E-state index is -1.50. The summed E-state index contributed by atoms with van der Waals surface area (Å²) in [7, 11) is 0. The van der Waals surface area contributed by atoms with Gasteiger partial charge in [-0.05, 0) is 56.6 Å². The summed E-state index contributed by atoms with van der Waals surface area (Å²) in [4.78, 5) is 59.3. The third-order valence-electron chi connectivity index (χ3n) is 9.14. The molecule has 5 atom stereocenters. The summed E-state index contributed by atoms with van der Waals surface area (Å²) in [5.74, 6) is -2.05. The predicted octanol–water partition coefficient (Wildman–Crippen LogP) is 4.86. The number of nitrogens with zero attached hydrogens (tertiary/aromatic N) is 2. The van der Waals surface area contributed by atoms with E-state index >= 15 is 0 Å². The molecule has 5 rings (SSSR count). The minimum absolute atomic E-state index is 0.0117. The predicted molar refractivity (Wildman–Crippen MR) is 174 cm³/mol. The van der Waals surface area contributed by atoms with Crippen molar-refractivity contribution in [2.24, 2.45) is 11.3 Å². The van der Waals surface area contributed by atoms with E-state index in [0.29, 0.717) is 34.2 Å². The number of aliphatic carboxylic acids is 1. The van der Waals surface area contributed by atoms with Crippen LogP contribution in [0.3, 0.4) is 0 Å². The van der Waals surface area contributed by atoms with Crippen molar-refractivity contribution in [3.63, 3.8) is 0 Å². The fraction of sp³-hybridized carbons (Fsp3) is 0.559. The van der Waals surface area contributed by atoms with Crippen LogP contribution in [-0.4, -0.2) is 81.8 Å². The van der Waals surface area contributed by atoms with Crippen LogP contribution in [0.25, 0.3) is 10.9 Å². The van der Waals surface area contributed by atoms with Crippen molar-refractivity contribution < 1.29 is 38.5 Å². The summed E-state index contributed by atoms with van der Waals surface area (Å²) in [5, 5.41) is 16.4. The van der Waals surface area contributed by atoms with Crippen LogP contribution in [0.15, 0.2) is 36.9 Å². The number of fused-ring (bicyclic) bond motifs is 1. The van der Waals surface area contributed by atoms with Crippen molar-refractivity contribution in [3.05, 3.63) is 41.9 Å². The molecule has 47 heavy (non-hydrogen) atoms. The van der Waals surface area contributed by atoms with Gasteiger partial charge in [0.1, 0.15) is 35.6 Å². The Morgan fingerprint density at radius 3 is 2.55 bits per heavy atom. The third-order valence-corrected chi connectivity index (χ3v) is 9.45. The summed E-state index contributed by atoms with van der Waals surface area (Å²) in [6.07, 6.45) is 3.66. The second-order valence-corrected chi connectivity index (χ2v) is 14.0. The molecule has 1 aromatic heterocycles. The Hall–Kier alpha value is -4.06. The summed E-state index contributed by atoms with van der Waals surface area (Å²) in [5.41, 5.74) is -1.78. The number of rotatable bonds is 11. The SMILES string of the molecule is C=C[C@@H]1C[C@]1(NC(=O)[C@@H]1C[C@@H](Oc2cc(OCC)nc3c(Cl)cccc23)CN1C(=O)[C@@H](NC(=O)OC1CCCC1)C(C)(C)C)C(=O)O. The number of benzene rings is 1. The van der Waals surface area contributed by atoms with Gasteiger partial charge in [0.2, 0.25) is 17.7 Å². The Labute approximate surface area is 279 Å². The number of hydrogen-bond acceptors (Lipinski definition) is 8. The van der Waals surface area contributed by atoms with Crippen molar-refractivity contribution in [1.29, 1.82) is 0 Å². The lowest BCUT2D eigenvalue weighted by molar-refractivity contribution is -0.146. The van der Waals surface area contributed by atoms with Crippen LogP contribution in [0.5, 0.6) is 11.6 Å². The van der Waals surface area contributed by atoms with E-state index in [1.54, 1.807) is 24.3 Å². The van der Waals surface area contributed by atoms with Crippen LogP contribution in [0, 0.1) is 11.3 Å². The Morgan fingerprint density at radius 2 is 1.94 bits per heavy atom. The smallest absolute Gasteiger partial charge is 0.408 e. The number of nitrogens with one attached hydrogen (secondary N) is 2. The number of para-hydroxylation sites is 1. The maximum Gasteiger partial charge on any atom is 0.408 e. The summed E-state index contributed by atoms with van der Waals surface area (Å²) in [6.45, 7) is 11.3. The van der Waals surface area contributed by atoms with Crippen LogP contribution in [0.1, 0.15) is 66.2 Å². The van der Waals surface area contributed by atoms with Gasteiger partial charge in [-0.25, -0.2) is 14.6 Å². The van der Waals surface area contributed by atoms with E-state index < -0.39 is 58.9 Å². The van der Waals surface area contributed by atoms with E-state index in [-0.39, 0.29) is 25.5 Å². The van der Waals surface area contributed by atoms with Crippen LogP contribution in [0.4, 0.5) is 4.79 Å². The first kappa shape index (κ1) is 34.3. The molecule has 2 aliphatic carbocycles. The quantitative estimate of drug-likeness (QED) is 0.284. The zero-order valence-corrected chi connectivity index (χ0v) is 28.0. The van der Waals surface area contributed by atoms with Gasteiger partial charge in [0.05, 0.1) is 23.7 Å². The highest BCUT2D eigenvalue weighted by molar-refractivity contribution is 6.35. The molecule has 0 unspecified atom stereocenters. The molecule has 2 heterocycles. The van der Waals surface area contributed by atoms with Crippen LogP contribution >= 0.6 is 11.6 Å². The molecular weight excluding hydrogens is 628 g/mol. The molecule has 0 bridgehead atoms. The van der Waals surface area contributed by atoms with Gasteiger partial charge in [-0.15, -0.1) is 6.58 Å². The number of likely N-dealkylation sites (tertiary alicyclic amines) is 1. The van der Waals surface area contributed by atoms with Crippen LogP contribution in [0.2, 0.25) is 5.02 Å². The number of hydrogen-bond donors (Lipinski definition) is 3. The van der Waals surface area contributed by atoms with E-state index in [9.17, 15) is 24.3 Å². The lowest BCUT2D eigenvalue weighted by atomic mass is 9.85. The lowest BCUT2D eigenvalue weighted by Crippen LogP contribution is -2.59. The molecule has 254 valence electrons. The van der Waals surface area contributed by atoms with Crippen molar-refractivity contribution in [2.45, 2.75) is 96.1 Å². The van der Waals surface area contributed by atoms with Crippen LogP contribution < -0.4 is 20.1 Å². The summed E-state index contributed by atoms with van der Waals surface area (Å²) < 4.78 is 17.7. The Bertz CT molecular complexity index is 1550. The van der Waals surface area contributed by atoms with Crippen molar-refractivity contribution in [1.82, 2.24) is 20.5 Å². The molecule has 12 nitrogen and oxygen atoms in total. The highest BCUT2D eigenvalue weighted by atomic mass is 35.5. The highest BCUT2D eigenvalue weighted by Crippen LogP contribution is 2.45. The lowest BCUT2D eigenvalue weighted by Gasteiger charge is -2.35. The first-order chi connectivity index (χ1) is 22.3. The number of carbonyl (C=O) groups excluding carboxylic acids is 3. The number of amides is 3. The Morgan fingerprint density at radius 1 is 1.21 bits per heavy atom. The topological polar surface area (TPSA) is 156 Å². The fourth-order valence-electron chi connectivity index (χ4n) is 6.48. The number of carboxylic acid groups (broad SMARTS) is 1. The zero-order valence-electron chi connectivity index (χ0n) is 27.2. The van der Waals surface area contributed by atoms with Crippen molar-refractivity contribution in [3.8, 4) is 11.6 Å². The summed E-state index contributed by atoms with van der Waals surface area (Å²) >= 11 is 6.46. The monoisotopic (exact) mass is 670 g/mol. The molecule has 13 heteroatoms. The molecule has 3 N–H and O–H groups in total. The van der Waals surface area contributed by atoms with Gasteiger partial charge in [0.25, 0.3) is 0 Å². The normalized spacial score (nSPS) is 24.8. The van der Waals surface area contributed by atoms with Crippen LogP contribution in [-0.2, 0) is 19.1 Å². The second kappa shape index (κ2) is 13.6. The van der Waals surface area contributed by atoms with Gasteiger partial charge >= 0.3 is 12.1 Å². The zero-order chi connectivity index (χ0) is 34.1. The van der Waals surface area contributed by atoms with Gasteiger partial charge in [0, 0.05) is 23.8 Å².